The van der Waals surface area contributed by atoms with Gasteiger partial charge in [0.15, 0.2) is 17.3 Å². The maximum absolute atomic E-state index is 12.2. The van der Waals surface area contributed by atoms with Gasteiger partial charge in [-0.1, -0.05) is 6.07 Å². The highest BCUT2D eigenvalue weighted by Crippen LogP contribution is 2.27. The van der Waals surface area contributed by atoms with Gasteiger partial charge in [-0.2, -0.15) is 0 Å². The van der Waals surface area contributed by atoms with Crippen LogP contribution < -0.4 is 14.8 Å². The van der Waals surface area contributed by atoms with Gasteiger partial charge in [-0.15, -0.1) is 0 Å². The van der Waals surface area contributed by atoms with Crippen LogP contribution in [0.2, 0.25) is 0 Å². The summed E-state index contributed by atoms with van der Waals surface area (Å²) in [4.78, 5) is 12.2. The van der Waals surface area contributed by atoms with Crippen molar-refractivity contribution in [2.75, 3.05) is 19.5 Å². The monoisotopic (exact) mass is 311 g/mol. The Morgan fingerprint density at radius 2 is 1.61 bits per heavy atom. The summed E-state index contributed by atoms with van der Waals surface area (Å²) in [7, 11) is 3.11. The second kappa shape index (κ2) is 7.49. The molecule has 120 valence electrons. The molecule has 0 unspecified atom stereocenters. The van der Waals surface area contributed by atoms with Crippen LogP contribution in [0.15, 0.2) is 48.7 Å². The van der Waals surface area contributed by atoms with Gasteiger partial charge in [-0.25, -0.2) is 0 Å². The normalized spacial score (nSPS) is 10.6. The first-order valence-corrected chi connectivity index (χ1v) is 7.31. The van der Waals surface area contributed by atoms with Crippen molar-refractivity contribution in [3.8, 4) is 11.5 Å². The Hall–Kier alpha value is -2.75. The van der Waals surface area contributed by atoms with Crippen LogP contribution in [0.4, 0.5) is 5.69 Å². The molecule has 0 aliphatic rings. The van der Waals surface area contributed by atoms with E-state index in [0.717, 1.165) is 5.69 Å². The number of benzene rings is 2. The fourth-order valence-corrected chi connectivity index (χ4v) is 2.36. The van der Waals surface area contributed by atoms with Crippen molar-refractivity contribution in [3.63, 3.8) is 0 Å². The van der Waals surface area contributed by atoms with Gasteiger partial charge in [0.05, 0.1) is 14.2 Å². The lowest BCUT2D eigenvalue weighted by Crippen LogP contribution is -1.99. The minimum absolute atomic E-state index is 0.108. The molecule has 4 heteroatoms. The summed E-state index contributed by atoms with van der Waals surface area (Å²) in [6, 6.07) is 11.3. The maximum atomic E-state index is 12.2. The standard InChI is InChI=1S/C19H21NO3/c1-13-9-14(2)11-16(10-13)20-8-7-17(21)15-5-6-18(22-3)19(12-15)23-4/h5-12,20H,1-4H3/b8-7+. The van der Waals surface area contributed by atoms with Gasteiger partial charge in [0, 0.05) is 23.5 Å². The summed E-state index contributed by atoms with van der Waals surface area (Å²) >= 11 is 0. The second-order valence-corrected chi connectivity index (χ2v) is 5.29. The van der Waals surface area contributed by atoms with Crippen LogP contribution in [0.1, 0.15) is 21.5 Å². The third-order valence-electron chi connectivity index (χ3n) is 3.37. The highest BCUT2D eigenvalue weighted by Gasteiger charge is 2.08. The topological polar surface area (TPSA) is 47.6 Å². The number of hydrogen-bond donors (Lipinski definition) is 1. The van der Waals surface area contributed by atoms with Gasteiger partial charge in [0.25, 0.3) is 0 Å². The number of ketones is 1. The first-order chi connectivity index (χ1) is 11.0. The van der Waals surface area contributed by atoms with Crippen LogP contribution in [0.25, 0.3) is 0 Å². The van der Waals surface area contributed by atoms with Crippen LogP contribution in [-0.2, 0) is 0 Å². The number of hydrogen-bond acceptors (Lipinski definition) is 4. The van der Waals surface area contributed by atoms with E-state index < -0.39 is 0 Å². The Balaban J connectivity index is 2.09. The molecule has 0 fully saturated rings. The Labute approximate surface area is 136 Å². The fraction of sp³-hybridized carbons (Fsp3) is 0.211. The average Bonchev–Trinajstić information content (AvgIpc) is 2.53. The minimum Gasteiger partial charge on any atom is -0.493 e. The Morgan fingerprint density at radius 1 is 0.957 bits per heavy atom. The number of ether oxygens (including phenoxy) is 2. The van der Waals surface area contributed by atoms with Crippen molar-refractivity contribution < 1.29 is 14.3 Å². The molecule has 0 radical (unpaired) electrons. The number of anilines is 1. The van der Waals surface area contributed by atoms with E-state index in [1.54, 1.807) is 38.6 Å². The molecule has 0 aliphatic heterocycles. The first kappa shape index (κ1) is 16.6. The number of carbonyl (C=O) groups is 1. The molecular formula is C19H21NO3. The quantitative estimate of drug-likeness (QED) is 0.643. The van der Waals surface area contributed by atoms with Crippen LogP contribution in [-0.4, -0.2) is 20.0 Å². The number of carbonyl (C=O) groups excluding carboxylic acids is 1. The van der Waals surface area contributed by atoms with Crippen molar-refractivity contribution in [2.45, 2.75) is 13.8 Å². The zero-order valence-corrected chi connectivity index (χ0v) is 13.8. The molecule has 1 N–H and O–H groups in total. The van der Waals surface area contributed by atoms with Crippen molar-refractivity contribution in [2.24, 2.45) is 0 Å². The van der Waals surface area contributed by atoms with Gasteiger partial charge in [0.2, 0.25) is 0 Å². The summed E-state index contributed by atoms with van der Waals surface area (Å²) in [5, 5.41) is 3.12. The molecule has 2 aromatic carbocycles. The van der Waals surface area contributed by atoms with Gasteiger partial charge in [-0.3, -0.25) is 4.79 Å². The van der Waals surface area contributed by atoms with E-state index in [1.165, 1.54) is 17.2 Å². The summed E-state index contributed by atoms with van der Waals surface area (Å²) in [5.74, 6) is 1.03. The molecule has 2 aromatic rings. The highest BCUT2D eigenvalue weighted by atomic mass is 16.5. The zero-order chi connectivity index (χ0) is 16.8. The molecule has 23 heavy (non-hydrogen) atoms. The summed E-state index contributed by atoms with van der Waals surface area (Å²) < 4.78 is 10.4. The number of nitrogens with one attached hydrogen (secondary N) is 1. The van der Waals surface area contributed by atoms with Gasteiger partial charge in [0.1, 0.15) is 0 Å². The maximum Gasteiger partial charge on any atom is 0.187 e. The average molecular weight is 311 g/mol. The second-order valence-electron chi connectivity index (χ2n) is 5.29. The SMILES string of the molecule is COc1ccc(C(=O)/C=C/Nc2cc(C)cc(C)c2)cc1OC. The van der Waals surface area contributed by atoms with Crippen molar-refractivity contribution in [3.05, 3.63) is 65.4 Å². The molecule has 0 amide bonds. The van der Waals surface area contributed by atoms with E-state index in [1.807, 2.05) is 26.0 Å². The lowest BCUT2D eigenvalue weighted by atomic mass is 10.1. The first-order valence-electron chi connectivity index (χ1n) is 7.31. The Kier molecular flexibility index (Phi) is 5.41. The molecule has 4 nitrogen and oxygen atoms in total. The zero-order valence-electron chi connectivity index (χ0n) is 13.8. The largest absolute Gasteiger partial charge is 0.493 e. The minimum atomic E-state index is -0.108. The summed E-state index contributed by atoms with van der Waals surface area (Å²) in [6.07, 6.45) is 3.15. The van der Waals surface area contributed by atoms with Gasteiger partial charge in [-0.05, 0) is 55.3 Å². The summed E-state index contributed by atoms with van der Waals surface area (Å²) in [6.45, 7) is 4.08. The molecule has 0 atom stereocenters. The van der Waals surface area contributed by atoms with Crippen molar-refractivity contribution >= 4 is 11.5 Å². The molecule has 0 aromatic heterocycles. The molecule has 0 heterocycles. The van der Waals surface area contributed by atoms with Crippen molar-refractivity contribution in [1.82, 2.24) is 0 Å². The van der Waals surface area contributed by atoms with E-state index in [9.17, 15) is 4.79 Å². The Morgan fingerprint density at radius 3 is 2.22 bits per heavy atom. The van der Waals surface area contributed by atoms with Gasteiger partial charge < -0.3 is 14.8 Å². The number of methoxy groups -OCH3 is 2. The molecule has 0 spiro atoms. The molecule has 0 aliphatic carbocycles. The van der Waals surface area contributed by atoms with Crippen LogP contribution >= 0.6 is 0 Å². The van der Waals surface area contributed by atoms with Crippen molar-refractivity contribution in [1.29, 1.82) is 0 Å². The molecule has 2 rings (SSSR count). The third kappa shape index (κ3) is 4.36. The van der Waals surface area contributed by atoms with E-state index in [0.29, 0.717) is 17.1 Å². The van der Waals surface area contributed by atoms with Gasteiger partial charge >= 0.3 is 0 Å². The predicted octanol–water partition coefficient (Wildman–Crippen LogP) is 4.13. The molecule has 0 saturated carbocycles. The van der Waals surface area contributed by atoms with E-state index >= 15 is 0 Å². The molecule has 0 saturated heterocycles. The van der Waals surface area contributed by atoms with Crippen LogP contribution in [0.5, 0.6) is 11.5 Å². The van der Waals surface area contributed by atoms with E-state index in [4.69, 9.17) is 9.47 Å². The van der Waals surface area contributed by atoms with E-state index in [-0.39, 0.29) is 5.78 Å². The van der Waals surface area contributed by atoms with Crippen LogP contribution in [0, 0.1) is 13.8 Å². The smallest absolute Gasteiger partial charge is 0.187 e. The molecular weight excluding hydrogens is 290 g/mol. The lowest BCUT2D eigenvalue weighted by Gasteiger charge is -2.08. The fourth-order valence-electron chi connectivity index (χ4n) is 2.36. The summed E-state index contributed by atoms with van der Waals surface area (Å²) in [5.41, 5.74) is 3.85. The number of allylic oxidation sites excluding steroid dienone is 1. The Bertz CT molecular complexity index is 715. The van der Waals surface area contributed by atoms with Crippen LogP contribution in [0.3, 0.4) is 0 Å². The highest BCUT2D eigenvalue weighted by molar-refractivity contribution is 6.05. The van der Waals surface area contributed by atoms with E-state index in [2.05, 4.69) is 11.4 Å². The number of aryl methyl sites for hydroxylation is 2. The third-order valence-corrected chi connectivity index (χ3v) is 3.37. The number of rotatable bonds is 6. The lowest BCUT2D eigenvalue weighted by molar-refractivity contribution is 0.104. The molecule has 0 bridgehead atoms. The predicted molar refractivity (Wildman–Crippen MR) is 92.6 cm³/mol.